The molecule has 2 aliphatic rings. The SMILES string of the molecule is C1=CC2=C(C1)Cc1ccccc1C2.CC.CC. The van der Waals surface area contributed by atoms with Crippen LogP contribution in [-0.2, 0) is 12.8 Å². The van der Waals surface area contributed by atoms with E-state index in [-0.39, 0.29) is 0 Å². The second-order valence-corrected chi connectivity index (χ2v) is 3.86. The van der Waals surface area contributed by atoms with Crippen LogP contribution in [0.2, 0.25) is 0 Å². The number of hydrogen-bond acceptors (Lipinski definition) is 0. The lowest BCUT2D eigenvalue weighted by atomic mass is 9.87. The van der Waals surface area contributed by atoms with E-state index in [0.29, 0.717) is 0 Å². The van der Waals surface area contributed by atoms with E-state index in [1.54, 1.807) is 11.1 Å². The van der Waals surface area contributed by atoms with Crippen molar-refractivity contribution in [1.29, 1.82) is 0 Å². The molecule has 0 heterocycles. The lowest BCUT2D eigenvalue weighted by Gasteiger charge is -2.17. The molecule has 1 aromatic carbocycles. The molecule has 0 bridgehead atoms. The monoisotopic (exact) mass is 228 g/mol. The Labute approximate surface area is 106 Å². The van der Waals surface area contributed by atoms with Crippen LogP contribution in [0.4, 0.5) is 0 Å². The molecule has 0 N–H and O–H groups in total. The zero-order chi connectivity index (χ0) is 12.7. The Morgan fingerprint density at radius 3 is 2.06 bits per heavy atom. The van der Waals surface area contributed by atoms with Crippen molar-refractivity contribution in [1.82, 2.24) is 0 Å². The summed E-state index contributed by atoms with van der Waals surface area (Å²) in [6.07, 6.45) is 8.10. The van der Waals surface area contributed by atoms with Crippen LogP contribution in [0.5, 0.6) is 0 Å². The quantitative estimate of drug-likeness (QED) is 0.580. The summed E-state index contributed by atoms with van der Waals surface area (Å²) < 4.78 is 0. The van der Waals surface area contributed by atoms with Crippen molar-refractivity contribution in [2.45, 2.75) is 47.0 Å². The minimum absolute atomic E-state index is 1.15. The molecular weight excluding hydrogens is 204 g/mol. The lowest BCUT2D eigenvalue weighted by Crippen LogP contribution is -2.04. The van der Waals surface area contributed by atoms with Gasteiger partial charge >= 0.3 is 0 Å². The van der Waals surface area contributed by atoms with Crippen LogP contribution in [0.25, 0.3) is 0 Å². The Hall–Kier alpha value is -1.30. The molecule has 0 spiro atoms. The molecule has 0 saturated heterocycles. The molecule has 1 aromatic rings. The second kappa shape index (κ2) is 7.11. The third-order valence-electron chi connectivity index (χ3n) is 3.04. The fourth-order valence-corrected chi connectivity index (χ4v) is 2.30. The maximum absolute atomic E-state index is 2.30. The first-order chi connectivity index (χ1) is 8.43. The summed E-state index contributed by atoms with van der Waals surface area (Å²) in [7, 11) is 0. The van der Waals surface area contributed by atoms with Crippen molar-refractivity contribution in [2.24, 2.45) is 0 Å². The van der Waals surface area contributed by atoms with Gasteiger partial charge in [-0.25, -0.2) is 0 Å². The Bertz CT molecular complexity index is 408. The molecule has 0 aromatic heterocycles. The van der Waals surface area contributed by atoms with E-state index in [1.807, 2.05) is 27.7 Å². The third kappa shape index (κ3) is 3.09. The molecule has 0 amide bonds. The molecule has 0 unspecified atom stereocenters. The summed E-state index contributed by atoms with van der Waals surface area (Å²) in [4.78, 5) is 0. The highest BCUT2D eigenvalue weighted by Crippen LogP contribution is 2.31. The zero-order valence-corrected chi connectivity index (χ0v) is 11.6. The maximum Gasteiger partial charge on any atom is -0.00233 e. The Morgan fingerprint density at radius 2 is 1.41 bits per heavy atom. The van der Waals surface area contributed by atoms with Crippen molar-refractivity contribution in [3.8, 4) is 0 Å². The molecule has 0 atom stereocenters. The zero-order valence-electron chi connectivity index (χ0n) is 11.6. The van der Waals surface area contributed by atoms with Gasteiger partial charge in [0.2, 0.25) is 0 Å². The number of benzene rings is 1. The van der Waals surface area contributed by atoms with Crippen molar-refractivity contribution < 1.29 is 0 Å². The smallest absolute Gasteiger partial charge is 0.00233 e. The highest BCUT2D eigenvalue weighted by Gasteiger charge is 2.17. The Balaban J connectivity index is 0.000000330. The molecular formula is C17H24. The van der Waals surface area contributed by atoms with Gasteiger partial charge in [-0.1, -0.05) is 69.7 Å². The molecule has 0 radical (unpaired) electrons. The molecule has 0 saturated carbocycles. The molecule has 2 aliphatic carbocycles. The van der Waals surface area contributed by atoms with Crippen LogP contribution in [0.15, 0.2) is 47.6 Å². The fourth-order valence-electron chi connectivity index (χ4n) is 2.30. The van der Waals surface area contributed by atoms with Crippen molar-refractivity contribution in [3.63, 3.8) is 0 Å². The van der Waals surface area contributed by atoms with Crippen molar-refractivity contribution >= 4 is 0 Å². The van der Waals surface area contributed by atoms with Crippen LogP contribution in [0, 0.1) is 0 Å². The topological polar surface area (TPSA) is 0 Å². The third-order valence-corrected chi connectivity index (χ3v) is 3.04. The summed E-state index contributed by atoms with van der Waals surface area (Å²) in [6, 6.07) is 8.80. The molecule has 92 valence electrons. The fraction of sp³-hybridized carbons (Fsp3) is 0.412. The van der Waals surface area contributed by atoms with E-state index >= 15 is 0 Å². The minimum Gasteiger partial charge on any atom is -0.0802 e. The normalized spacial score (nSPS) is 15.1. The summed E-state index contributed by atoms with van der Waals surface area (Å²) in [6.45, 7) is 8.00. The lowest BCUT2D eigenvalue weighted by molar-refractivity contribution is 0.966. The minimum atomic E-state index is 1.15. The van der Waals surface area contributed by atoms with E-state index in [4.69, 9.17) is 0 Å². The highest BCUT2D eigenvalue weighted by atomic mass is 14.2. The van der Waals surface area contributed by atoms with Gasteiger partial charge in [0.1, 0.15) is 0 Å². The number of hydrogen-bond donors (Lipinski definition) is 0. The summed E-state index contributed by atoms with van der Waals surface area (Å²) in [5.41, 5.74) is 6.26. The van der Waals surface area contributed by atoms with Crippen molar-refractivity contribution in [3.05, 3.63) is 58.7 Å². The van der Waals surface area contributed by atoms with Crippen LogP contribution in [0.1, 0.15) is 45.2 Å². The Morgan fingerprint density at radius 1 is 0.824 bits per heavy atom. The summed E-state index contributed by atoms with van der Waals surface area (Å²) >= 11 is 0. The van der Waals surface area contributed by atoms with Crippen molar-refractivity contribution in [2.75, 3.05) is 0 Å². The van der Waals surface area contributed by atoms with Gasteiger partial charge in [-0.05, 0) is 36.0 Å². The molecule has 3 rings (SSSR count). The van der Waals surface area contributed by atoms with Gasteiger partial charge in [0.15, 0.2) is 0 Å². The molecule has 0 fully saturated rings. The first-order valence-corrected chi connectivity index (χ1v) is 6.88. The number of allylic oxidation sites excluding steroid dienone is 4. The standard InChI is InChI=1S/C13H12.2C2H6/c1-2-5-11-9-13-7-3-6-12(13)8-10(11)4-1;2*1-2/h1-6H,7-9H2;2*1-2H3. The van der Waals surface area contributed by atoms with Crippen LogP contribution >= 0.6 is 0 Å². The van der Waals surface area contributed by atoms with E-state index in [0.717, 1.165) is 6.42 Å². The highest BCUT2D eigenvalue weighted by molar-refractivity contribution is 5.47. The van der Waals surface area contributed by atoms with Crippen LogP contribution in [0.3, 0.4) is 0 Å². The number of rotatable bonds is 0. The molecule has 17 heavy (non-hydrogen) atoms. The van der Waals surface area contributed by atoms with Crippen LogP contribution in [-0.4, -0.2) is 0 Å². The summed E-state index contributed by atoms with van der Waals surface area (Å²) in [5, 5.41) is 0. The summed E-state index contributed by atoms with van der Waals surface area (Å²) in [5.74, 6) is 0. The van der Waals surface area contributed by atoms with Gasteiger partial charge in [0.25, 0.3) is 0 Å². The van der Waals surface area contributed by atoms with E-state index < -0.39 is 0 Å². The van der Waals surface area contributed by atoms with E-state index in [1.165, 1.54) is 24.0 Å². The van der Waals surface area contributed by atoms with Gasteiger partial charge in [-0.3, -0.25) is 0 Å². The van der Waals surface area contributed by atoms with Gasteiger partial charge < -0.3 is 0 Å². The Kier molecular flexibility index (Phi) is 5.76. The van der Waals surface area contributed by atoms with Gasteiger partial charge in [0, 0.05) is 0 Å². The second-order valence-electron chi connectivity index (χ2n) is 3.86. The average molecular weight is 228 g/mol. The molecule has 0 heteroatoms. The number of fused-ring (bicyclic) bond motifs is 1. The predicted octanol–water partition coefficient (Wildman–Crippen LogP) is 5.09. The predicted molar refractivity (Wildman–Crippen MR) is 77.3 cm³/mol. The molecule has 0 nitrogen and oxygen atoms in total. The van der Waals surface area contributed by atoms with Gasteiger partial charge in [-0.2, -0.15) is 0 Å². The molecule has 0 aliphatic heterocycles. The van der Waals surface area contributed by atoms with E-state index in [2.05, 4.69) is 36.4 Å². The average Bonchev–Trinajstić information content (AvgIpc) is 2.88. The maximum atomic E-state index is 2.30. The first-order valence-electron chi connectivity index (χ1n) is 6.88. The van der Waals surface area contributed by atoms with Crippen LogP contribution < -0.4 is 0 Å². The van der Waals surface area contributed by atoms with Gasteiger partial charge in [0.05, 0.1) is 0 Å². The van der Waals surface area contributed by atoms with E-state index in [9.17, 15) is 0 Å². The largest absolute Gasteiger partial charge is 0.0802 e. The van der Waals surface area contributed by atoms with Gasteiger partial charge in [-0.15, -0.1) is 0 Å². The first kappa shape index (κ1) is 13.8.